The zero-order valence-electron chi connectivity index (χ0n) is 21.1. The van der Waals surface area contributed by atoms with Crippen LogP contribution in [0.4, 0.5) is 5.69 Å². The van der Waals surface area contributed by atoms with Crippen molar-refractivity contribution in [1.82, 2.24) is 25.4 Å². The minimum absolute atomic E-state index is 0.170. The Labute approximate surface area is 231 Å². The van der Waals surface area contributed by atoms with E-state index in [4.69, 9.17) is 11.6 Å². The molecule has 2 saturated heterocycles. The number of nitrogens with zero attached hydrogens (tertiary/aromatic N) is 4. The smallest absolute Gasteiger partial charge is 0.264 e. The van der Waals surface area contributed by atoms with Gasteiger partial charge in [0, 0.05) is 49.9 Å². The molecule has 0 saturated carbocycles. The van der Waals surface area contributed by atoms with Crippen LogP contribution in [-0.2, 0) is 4.79 Å². The molecule has 5 rings (SSSR count). The monoisotopic (exact) mass is 548 g/mol. The molecule has 2 aliphatic heterocycles. The quantitative estimate of drug-likeness (QED) is 0.341. The summed E-state index contributed by atoms with van der Waals surface area (Å²) in [5, 5.41) is 7.59. The van der Waals surface area contributed by atoms with Crippen LogP contribution in [0.3, 0.4) is 0 Å². The van der Waals surface area contributed by atoms with Crippen LogP contribution in [0.2, 0.25) is 5.02 Å². The molecule has 0 atom stereocenters. The van der Waals surface area contributed by atoms with Gasteiger partial charge in [-0.05, 0) is 79.8 Å². The number of benzene rings is 2. The summed E-state index contributed by atoms with van der Waals surface area (Å²) in [4.78, 5) is 39.5. The number of pyridine rings is 1. The molecule has 0 bridgehead atoms. The maximum atomic E-state index is 12.7. The second-order valence-electron chi connectivity index (χ2n) is 9.36. The first-order valence-corrected chi connectivity index (χ1v) is 13.8. The Morgan fingerprint density at radius 3 is 2.87 bits per heavy atom. The number of amidine groups is 1. The maximum Gasteiger partial charge on any atom is 0.264 e. The molecule has 10 heteroatoms. The number of rotatable bonds is 7. The number of carbonyl (C=O) groups excluding carboxylic acids is 2. The highest BCUT2D eigenvalue weighted by Gasteiger charge is 2.24. The summed E-state index contributed by atoms with van der Waals surface area (Å²) in [6.07, 6.45) is 4.47. The first-order chi connectivity index (χ1) is 18.4. The van der Waals surface area contributed by atoms with Gasteiger partial charge in [-0.2, -0.15) is 0 Å². The fraction of sp³-hybridized carbons (Fsp3) is 0.286. The van der Waals surface area contributed by atoms with Crippen molar-refractivity contribution in [3.8, 4) is 0 Å². The number of aromatic nitrogens is 1. The average Bonchev–Trinajstić information content (AvgIpc) is 3.26. The number of carbonyl (C=O) groups is 2. The summed E-state index contributed by atoms with van der Waals surface area (Å²) in [7, 11) is 2.14. The van der Waals surface area contributed by atoms with Crippen molar-refractivity contribution in [2.24, 2.45) is 4.99 Å². The van der Waals surface area contributed by atoms with Crippen LogP contribution in [0, 0.1) is 0 Å². The molecule has 0 unspecified atom stereocenters. The molecule has 1 aromatic heterocycles. The molecule has 2 aromatic carbocycles. The van der Waals surface area contributed by atoms with Crippen LogP contribution in [0.15, 0.2) is 64.6 Å². The molecule has 3 aromatic rings. The Balaban J connectivity index is 1.21. The lowest BCUT2D eigenvalue weighted by Crippen LogP contribution is -2.45. The fourth-order valence-corrected chi connectivity index (χ4v) is 5.34. The third-order valence-corrected chi connectivity index (χ3v) is 7.77. The second-order valence-corrected chi connectivity index (χ2v) is 10.8. The number of aliphatic imine (C=N–C) groups is 1. The normalized spacial score (nSPS) is 18.8. The van der Waals surface area contributed by atoms with Crippen LogP contribution in [-0.4, -0.2) is 78.1 Å². The number of hydrogen-bond donors (Lipinski definition) is 2. The maximum absolute atomic E-state index is 12.7. The molecule has 2 aliphatic rings. The van der Waals surface area contributed by atoms with Crippen LogP contribution >= 0.6 is 23.4 Å². The number of amides is 2. The lowest BCUT2D eigenvalue weighted by atomic mass is 10.1. The number of piperazine rings is 1. The molecule has 2 amide bonds. The first kappa shape index (κ1) is 26.4. The third kappa shape index (κ3) is 6.60. The zero-order valence-corrected chi connectivity index (χ0v) is 22.7. The largest absolute Gasteiger partial charge is 0.352 e. The van der Waals surface area contributed by atoms with Crippen molar-refractivity contribution in [3.05, 3.63) is 75.8 Å². The SMILES string of the molecule is CN1CCN(CCCNC(=O)c2ccc(Cl)c(N=C3NC(=O)/C(=C/c4ccc5ncccc5c4)S3)c2)CC1. The molecular formula is C28H29ClN6O2S. The lowest BCUT2D eigenvalue weighted by Gasteiger charge is -2.32. The summed E-state index contributed by atoms with van der Waals surface area (Å²) in [5.41, 5.74) is 2.70. The van der Waals surface area contributed by atoms with Gasteiger partial charge in [-0.3, -0.25) is 14.6 Å². The molecule has 8 nitrogen and oxygen atoms in total. The van der Waals surface area contributed by atoms with Gasteiger partial charge in [0.25, 0.3) is 11.8 Å². The predicted molar refractivity (Wildman–Crippen MR) is 155 cm³/mol. The van der Waals surface area contributed by atoms with Crippen LogP contribution in [0.1, 0.15) is 22.3 Å². The van der Waals surface area contributed by atoms with Crippen molar-refractivity contribution in [3.63, 3.8) is 0 Å². The Morgan fingerprint density at radius 2 is 2.03 bits per heavy atom. The topological polar surface area (TPSA) is 89.9 Å². The summed E-state index contributed by atoms with van der Waals surface area (Å²) < 4.78 is 0. The van der Waals surface area contributed by atoms with E-state index in [-0.39, 0.29) is 11.8 Å². The Morgan fingerprint density at radius 1 is 1.18 bits per heavy atom. The molecule has 0 aliphatic carbocycles. The fourth-order valence-electron chi connectivity index (χ4n) is 4.34. The Hall–Kier alpha value is -3.24. The minimum atomic E-state index is -0.231. The van der Waals surface area contributed by atoms with E-state index in [1.165, 1.54) is 11.8 Å². The van der Waals surface area contributed by atoms with Crippen LogP contribution in [0.5, 0.6) is 0 Å². The van der Waals surface area contributed by atoms with Gasteiger partial charge in [0.05, 0.1) is 21.1 Å². The van der Waals surface area contributed by atoms with Gasteiger partial charge < -0.3 is 20.4 Å². The van der Waals surface area contributed by atoms with E-state index in [9.17, 15) is 9.59 Å². The van der Waals surface area contributed by atoms with Gasteiger partial charge in [0.2, 0.25) is 0 Å². The Bertz CT molecular complexity index is 1420. The van der Waals surface area contributed by atoms with E-state index in [1.54, 1.807) is 24.4 Å². The molecule has 3 heterocycles. The van der Waals surface area contributed by atoms with E-state index in [1.807, 2.05) is 36.4 Å². The van der Waals surface area contributed by atoms with Gasteiger partial charge >= 0.3 is 0 Å². The van der Waals surface area contributed by atoms with Gasteiger partial charge in [-0.25, -0.2) is 4.99 Å². The van der Waals surface area contributed by atoms with E-state index in [0.717, 1.165) is 55.6 Å². The summed E-state index contributed by atoms with van der Waals surface area (Å²) in [6, 6.07) is 14.7. The van der Waals surface area contributed by atoms with Crippen molar-refractivity contribution < 1.29 is 9.59 Å². The standard InChI is InChI=1S/C28H29ClN6O2S/c1-34-12-14-35(15-13-34)11-3-10-31-26(36)21-6-7-22(29)24(18-21)32-28-33-27(37)25(38-28)17-19-5-8-23-20(16-19)4-2-9-30-23/h2,4-9,16-18H,3,10-15H2,1H3,(H,31,36)(H,32,33,37)/b25-17-. The van der Waals surface area contributed by atoms with E-state index < -0.39 is 0 Å². The second kappa shape index (κ2) is 12.1. The first-order valence-electron chi connectivity index (χ1n) is 12.6. The van der Waals surface area contributed by atoms with E-state index >= 15 is 0 Å². The third-order valence-electron chi connectivity index (χ3n) is 6.54. The number of likely N-dealkylation sites (N-methyl/N-ethyl adjacent to an activating group) is 1. The molecule has 196 valence electrons. The summed E-state index contributed by atoms with van der Waals surface area (Å²) >= 11 is 7.61. The number of nitrogens with one attached hydrogen (secondary N) is 2. The summed E-state index contributed by atoms with van der Waals surface area (Å²) in [5.74, 6) is -0.401. The molecule has 2 fully saturated rings. The number of halogens is 1. The number of thioether (sulfide) groups is 1. The summed E-state index contributed by atoms with van der Waals surface area (Å²) in [6.45, 7) is 5.87. The molecule has 2 N–H and O–H groups in total. The van der Waals surface area contributed by atoms with E-state index in [2.05, 4.69) is 37.5 Å². The van der Waals surface area contributed by atoms with Crippen LogP contribution in [0.25, 0.3) is 17.0 Å². The van der Waals surface area contributed by atoms with Crippen molar-refractivity contribution in [2.45, 2.75) is 6.42 Å². The van der Waals surface area contributed by atoms with Gasteiger partial charge in [-0.1, -0.05) is 23.7 Å². The average molecular weight is 549 g/mol. The number of hydrogen-bond acceptors (Lipinski definition) is 7. The highest BCUT2D eigenvalue weighted by molar-refractivity contribution is 8.18. The predicted octanol–water partition coefficient (Wildman–Crippen LogP) is 4.15. The highest BCUT2D eigenvalue weighted by Crippen LogP contribution is 2.32. The van der Waals surface area contributed by atoms with Gasteiger partial charge in [-0.15, -0.1) is 0 Å². The highest BCUT2D eigenvalue weighted by atomic mass is 35.5. The molecule has 0 spiro atoms. The molecular weight excluding hydrogens is 520 g/mol. The van der Waals surface area contributed by atoms with E-state index in [0.29, 0.717) is 32.9 Å². The minimum Gasteiger partial charge on any atom is -0.352 e. The van der Waals surface area contributed by atoms with Crippen molar-refractivity contribution in [1.29, 1.82) is 0 Å². The lowest BCUT2D eigenvalue weighted by molar-refractivity contribution is -0.115. The molecule has 38 heavy (non-hydrogen) atoms. The Kier molecular flexibility index (Phi) is 8.38. The molecule has 0 radical (unpaired) electrons. The van der Waals surface area contributed by atoms with Gasteiger partial charge in [0.15, 0.2) is 5.17 Å². The van der Waals surface area contributed by atoms with Gasteiger partial charge in [0.1, 0.15) is 0 Å². The van der Waals surface area contributed by atoms with Crippen molar-refractivity contribution >= 4 is 63.0 Å². The number of fused-ring (bicyclic) bond motifs is 1. The van der Waals surface area contributed by atoms with Crippen molar-refractivity contribution in [2.75, 3.05) is 46.3 Å². The van der Waals surface area contributed by atoms with Crippen LogP contribution < -0.4 is 10.6 Å². The zero-order chi connectivity index (χ0) is 26.5.